The molecule has 0 amide bonds. The maximum Gasteiger partial charge on any atom is 0.0526 e. The lowest BCUT2D eigenvalue weighted by molar-refractivity contribution is 0.920. The van der Waals surface area contributed by atoms with E-state index in [4.69, 9.17) is 5.73 Å². The first kappa shape index (κ1) is 11.0. The van der Waals surface area contributed by atoms with Crippen LogP contribution in [0.1, 0.15) is 22.6 Å². The van der Waals surface area contributed by atoms with Crippen LogP contribution >= 0.6 is 0 Å². The van der Waals surface area contributed by atoms with Gasteiger partial charge in [-0.15, -0.1) is 0 Å². The van der Waals surface area contributed by atoms with Crippen LogP contribution in [0.25, 0.3) is 5.52 Å². The number of hydrogen-bond acceptors (Lipinski definition) is 2. The van der Waals surface area contributed by atoms with Crippen molar-refractivity contribution in [2.75, 3.05) is 0 Å². The van der Waals surface area contributed by atoms with E-state index in [1.807, 2.05) is 6.20 Å². The molecule has 0 spiro atoms. The van der Waals surface area contributed by atoms with Crippen LogP contribution in [0, 0.1) is 6.92 Å². The molecule has 0 bridgehead atoms. The van der Waals surface area contributed by atoms with Crippen molar-refractivity contribution in [1.82, 2.24) is 14.6 Å². The number of pyridine rings is 1. The van der Waals surface area contributed by atoms with Crippen molar-refractivity contribution in [2.45, 2.75) is 19.9 Å². The number of hydrogen-bond donors (Lipinski definition) is 2. The van der Waals surface area contributed by atoms with E-state index >= 15 is 0 Å². The third-order valence-electron chi connectivity index (χ3n) is 3.33. The van der Waals surface area contributed by atoms with Crippen LogP contribution in [-0.4, -0.2) is 14.6 Å². The fourth-order valence-electron chi connectivity index (χ4n) is 2.42. The van der Waals surface area contributed by atoms with Crippen molar-refractivity contribution in [3.8, 4) is 0 Å². The van der Waals surface area contributed by atoms with E-state index in [-0.39, 0.29) is 0 Å². The average Bonchev–Trinajstić information content (AvgIpc) is 2.97. The lowest BCUT2D eigenvalue weighted by Gasteiger charge is -2.06. The summed E-state index contributed by atoms with van der Waals surface area (Å²) in [7, 11) is 0. The van der Waals surface area contributed by atoms with Crippen LogP contribution in [0.3, 0.4) is 0 Å². The highest BCUT2D eigenvalue weighted by molar-refractivity contribution is 5.51. The number of nitrogens with one attached hydrogen (secondary N) is 1. The van der Waals surface area contributed by atoms with Gasteiger partial charge in [0.2, 0.25) is 0 Å². The second-order valence-electron chi connectivity index (χ2n) is 4.51. The van der Waals surface area contributed by atoms with E-state index in [1.165, 1.54) is 22.5 Å². The molecular formula is C14H16N4. The van der Waals surface area contributed by atoms with Crippen LogP contribution in [0.2, 0.25) is 0 Å². The van der Waals surface area contributed by atoms with Gasteiger partial charge in [-0.1, -0.05) is 6.07 Å². The minimum Gasteiger partial charge on any atom is -0.325 e. The lowest BCUT2D eigenvalue weighted by Crippen LogP contribution is -2.03. The molecule has 4 nitrogen and oxygen atoms in total. The zero-order valence-corrected chi connectivity index (χ0v) is 10.4. The first-order valence-corrected chi connectivity index (χ1v) is 6.06. The van der Waals surface area contributed by atoms with E-state index < -0.39 is 0 Å². The topological polar surface area (TPSA) is 59.1 Å². The number of nitrogens with two attached hydrogens (primary N) is 1. The molecule has 0 radical (unpaired) electrons. The summed E-state index contributed by atoms with van der Waals surface area (Å²) in [5.41, 5.74) is 11.6. The van der Waals surface area contributed by atoms with Crippen LogP contribution in [0.4, 0.5) is 0 Å². The Morgan fingerprint density at radius 2 is 2.17 bits per heavy atom. The molecule has 0 aromatic carbocycles. The van der Waals surface area contributed by atoms with Crippen molar-refractivity contribution in [1.29, 1.82) is 0 Å². The van der Waals surface area contributed by atoms with Gasteiger partial charge in [0, 0.05) is 35.4 Å². The first-order chi connectivity index (χ1) is 8.79. The monoisotopic (exact) mass is 240 g/mol. The number of aryl methyl sites for hydroxylation is 1. The summed E-state index contributed by atoms with van der Waals surface area (Å²) in [4.78, 5) is 0. The van der Waals surface area contributed by atoms with Crippen molar-refractivity contribution >= 4 is 5.52 Å². The Hall–Kier alpha value is -2.07. The van der Waals surface area contributed by atoms with Gasteiger partial charge in [0.25, 0.3) is 0 Å². The van der Waals surface area contributed by atoms with Gasteiger partial charge in [-0.05, 0) is 31.2 Å². The zero-order chi connectivity index (χ0) is 12.5. The Labute approximate surface area is 105 Å². The number of rotatable bonds is 3. The van der Waals surface area contributed by atoms with E-state index in [0.29, 0.717) is 6.54 Å². The van der Waals surface area contributed by atoms with Crippen molar-refractivity contribution in [2.24, 2.45) is 5.73 Å². The van der Waals surface area contributed by atoms with Crippen molar-refractivity contribution in [3.05, 3.63) is 59.2 Å². The molecule has 18 heavy (non-hydrogen) atoms. The second kappa shape index (κ2) is 4.31. The SMILES string of the molecule is Cc1cccc2ccc(Cc3cn[nH]c3CN)n12. The summed E-state index contributed by atoms with van der Waals surface area (Å²) in [6.07, 6.45) is 2.71. The standard InChI is InChI=1S/C14H16N4/c1-10-3-2-4-12-5-6-13(18(10)12)7-11-9-16-17-14(11)8-15/h2-6,9H,7-8,15H2,1H3,(H,16,17). The van der Waals surface area contributed by atoms with Gasteiger partial charge >= 0.3 is 0 Å². The highest BCUT2D eigenvalue weighted by atomic mass is 15.1. The van der Waals surface area contributed by atoms with E-state index in [0.717, 1.165) is 12.1 Å². The van der Waals surface area contributed by atoms with Gasteiger partial charge in [0.15, 0.2) is 0 Å². The van der Waals surface area contributed by atoms with Gasteiger partial charge in [0.1, 0.15) is 0 Å². The average molecular weight is 240 g/mol. The number of nitrogens with zero attached hydrogens (tertiary/aromatic N) is 2. The molecule has 0 atom stereocenters. The van der Waals surface area contributed by atoms with Crippen LogP contribution in [0.15, 0.2) is 36.5 Å². The van der Waals surface area contributed by atoms with Crippen LogP contribution in [0.5, 0.6) is 0 Å². The normalized spacial score (nSPS) is 11.2. The van der Waals surface area contributed by atoms with Gasteiger partial charge in [0.05, 0.1) is 11.9 Å². The summed E-state index contributed by atoms with van der Waals surface area (Å²) in [6, 6.07) is 10.6. The van der Waals surface area contributed by atoms with Crippen molar-refractivity contribution < 1.29 is 0 Å². The molecule has 0 aliphatic heterocycles. The Bertz CT molecular complexity index is 678. The molecule has 3 heterocycles. The number of aromatic amines is 1. The summed E-state index contributed by atoms with van der Waals surface area (Å²) in [5.74, 6) is 0. The molecule has 0 aliphatic carbocycles. The Kier molecular flexibility index (Phi) is 2.64. The predicted octanol–water partition coefficient (Wildman–Crippen LogP) is 2.02. The van der Waals surface area contributed by atoms with Gasteiger partial charge < -0.3 is 10.1 Å². The minimum absolute atomic E-state index is 0.498. The predicted molar refractivity (Wildman–Crippen MR) is 71.4 cm³/mol. The minimum atomic E-state index is 0.498. The summed E-state index contributed by atoms with van der Waals surface area (Å²) in [6.45, 7) is 2.62. The van der Waals surface area contributed by atoms with Gasteiger partial charge in [-0.3, -0.25) is 5.10 Å². The summed E-state index contributed by atoms with van der Waals surface area (Å²) >= 11 is 0. The molecule has 3 aromatic heterocycles. The molecule has 4 heteroatoms. The number of H-pyrrole nitrogens is 1. The van der Waals surface area contributed by atoms with Crippen LogP contribution in [-0.2, 0) is 13.0 Å². The van der Waals surface area contributed by atoms with E-state index in [1.54, 1.807) is 0 Å². The zero-order valence-electron chi connectivity index (χ0n) is 10.4. The summed E-state index contributed by atoms with van der Waals surface area (Å²) < 4.78 is 2.27. The molecule has 3 rings (SSSR count). The fourth-order valence-corrected chi connectivity index (χ4v) is 2.42. The smallest absolute Gasteiger partial charge is 0.0526 e. The lowest BCUT2D eigenvalue weighted by atomic mass is 10.1. The Morgan fingerprint density at radius 3 is 3.00 bits per heavy atom. The maximum absolute atomic E-state index is 5.69. The largest absolute Gasteiger partial charge is 0.325 e. The molecular weight excluding hydrogens is 224 g/mol. The molecule has 0 unspecified atom stereocenters. The Balaban J connectivity index is 2.05. The molecule has 3 N–H and O–H groups in total. The van der Waals surface area contributed by atoms with Crippen molar-refractivity contribution in [3.63, 3.8) is 0 Å². The highest BCUT2D eigenvalue weighted by Crippen LogP contribution is 2.17. The molecule has 0 fully saturated rings. The second-order valence-corrected chi connectivity index (χ2v) is 4.51. The Morgan fingerprint density at radius 1 is 1.28 bits per heavy atom. The summed E-state index contributed by atoms with van der Waals surface area (Å²) in [5, 5.41) is 7.01. The first-order valence-electron chi connectivity index (χ1n) is 6.06. The quantitative estimate of drug-likeness (QED) is 0.735. The fraction of sp³-hybridized carbons (Fsp3) is 0.214. The molecule has 0 saturated carbocycles. The molecule has 3 aromatic rings. The molecule has 0 aliphatic rings. The third kappa shape index (κ3) is 1.71. The molecule has 0 saturated heterocycles. The number of fused-ring (bicyclic) bond motifs is 1. The highest BCUT2D eigenvalue weighted by Gasteiger charge is 2.08. The maximum atomic E-state index is 5.69. The molecule has 92 valence electrons. The van der Waals surface area contributed by atoms with Gasteiger partial charge in [-0.25, -0.2) is 0 Å². The third-order valence-corrected chi connectivity index (χ3v) is 3.33. The van der Waals surface area contributed by atoms with Gasteiger partial charge in [-0.2, -0.15) is 5.10 Å². The van der Waals surface area contributed by atoms with E-state index in [9.17, 15) is 0 Å². The van der Waals surface area contributed by atoms with Crippen LogP contribution < -0.4 is 5.73 Å². The van der Waals surface area contributed by atoms with E-state index in [2.05, 4.69) is 51.9 Å². The number of aromatic nitrogens is 3.